The molecule has 0 bridgehead atoms. The molecule has 0 saturated carbocycles. The van der Waals surface area contributed by atoms with Crippen LogP contribution in [0.15, 0.2) is 65.3 Å². The Morgan fingerprint density at radius 2 is 1.74 bits per heavy atom. The Balaban J connectivity index is 1.35. The summed E-state index contributed by atoms with van der Waals surface area (Å²) in [5, 5.41) is 0. The van der Waals surface area contributed by atoms with Crippen LogP contribution in [0.25, 0.3) is 11.3 Å². The third-order valence-corrected chi connectivity index (χ3v) is 4.84. The SMILES string of the molecule is Cc1ccc(-c2ccc(C(=O)N3CCC(Oc4ccncc4)CC3)cc2)o1. The predicted octanol–water partition coefficient (Wildman–Crippen LogP) is 4.33. The average molecular weight is 362 g/mol. The second kappa shape index (κ2) is 7.66. The Morgan fingerprint density at radius 3 is 2.37 bits per heavy atom. The Morgan fingerprint density at radius 1 is 1.04 bits per heavy atom. The molecule has 0 N–H and O–H groups in total. The van der Waals surface area contributed by atoms with Crippen molar-refractivity contribution >= 4 is 5.91 Å². The summed E-state index contributed by atoms with van der Waals surface area (Å²) in [6.07, 6.45) is 5.25. The van der Waals surface area contributed by atoms with Gasteiger partial charge in [0.1, 0.15) is 23.4 Å². The number of carbonyl (C=O) groups excluding carboxylic acids is 1. The Kier molecular flexibility index (Phi) is 4.92. The molecule has 1 saturated heterocycles. The highest BCUT2D eigenvalue weighted by molar-refractivity contribution is 5.94. The number of carbonyl (C=O) groups is 1. The summed E-state index contributed by atoms with van der Waals surface area (Å²) in [6, 6.07) is 15.2. The predicted molar refractivity (Wildman–Crippen MR) is 103 cm³/mol. The van der Waals surface area contributed by atoms with Crippen LogP contribution in [0, 0.1) is 6.92 Å². The molecular weight excluding hydrogens is 340 g/mol. The molecule has 5 nitrogen and oxygen atoms in total. The van der Waals surface area contributed by atoms with Gasteiger partial charge in [-0.1, -0.05) is 12.1 Å². The fourth-order valence-corrected chi connectivity index (χ4v) is 3.34. The minimum absolute atomic E-state index is 0.0690. The van der Waals surface area contributed by atoms with E-state index in [1.165, 1.54) is 0 Å². The van der Waals surface area contributed by atoms with Crippen LogP contribution >= 0.6 is 0 Å². The number of aryl methyl sites for hydroxylation is 1. The van der Waals surface area contributed by atoms with Crippen molar-refractivity contribution < 1.29 is 13.9 Å². The average Bonchev–Trinajstić information content (AvgIpc) is 3.15. The van der Waals surface area contributed by atoms with Gasteiger partial charge in [0.2, 0.25) is 0 Å². The number of ether oxygens (including phenoxy) is 1. The van der Waals surface area contributed by atoms with E-state index in [0.29, 0.717) is 18.7 Å². The van der Waals surface area contributed by atoms with Crippen molar-refractivity contribution in [1.29, 1.82) is 0 Å². The van der Waals surface area contributed by atoms with Crippen LogP contribution in [0.3, 0.4) is 0 Å². The molecule has 0 radical (unpaired) electrons. The van der Waals surface area contributed by atoms with Crippen LogP contribution in [0.1, 0.15) is 29.0 Å². The first-order valence-electron chi connectivity index (χ1n) is 9.22. The van der Waals surface area contributed by atoms with Gasteiger partial charge in [-0.05, 0) is 43.3 Å². The summed E-state index contributed by atoms with van der Waals surface area (Å²) < 4.78 is 11.6. The molecule has 3 aromatic rings. The molecule has 1 aromatic carbocycles. The van der Waals surface area contributed by atoms with Gasteiger partial charge >= 0.3 is 0 Å². The first-order valence-corrected chi connectivity index (χ1v) is 9.22. The van der Waals surface area contributed by atoms with E-state index in [0.717, 1.165) is 35.7 Å². The van der Waals surface area contributed by atoms with Crippen molar-refractivity contribution in [3.05, 3.63) is 72.2 Å². The zero-order valence-corrected chi connectivity index (χ0v) is 15.3. The highest BCUT2D eigenvalue weighted by Gasteiger charge is 2.24. The second-order valence-corrected chi connectivity index (χ2v) is 6.78. The zero-order chi connectivity index (χ0) is 18.6. The van der Waals surface area contributed by atoms with Gasteiger partial charge in [-0.2, -0.15) is 0 Å². The van der Waals surface area contributed by atoms with E-state index in [-0.39, 0.29) is 12.0 Å². The lowest BCUT2D eigenvalue weighted by molar-refractivity contribution is 0.0595. The minimum Gasteiger partial charge on any atom is -0.490 e. The molecule has 138 valence electrons. The molecule has 1 fully saturated rings. The number of pyridine rings is 1. The van der Waals surface area contributed by atoms with Crippen LogP contribution in [-0.2, 0) is 0 Å². The minimum atomic E-state index is 0.0690. The Hall–Kier alpha value is -3.08. The summed E-state index contributed by atoms with van der Waals surface area (Å²) in [6.45, 7) is 3.32. The summed E-state index contributed by atoms with van der Waals surface area (Å²) >= 11 is 0. The number of aromatic nitrogens is 1. The van der Waals surface area contributed by atoms with Crippen molar-refractivity contribution in [2.24, 2.45) is 0 Å². The lowest BCUT2D eigenvalue weighted by Gasteiger charge is -2.32. The molecule has 27 heavy (non-hydrogen) atoms. The number of hydrogen-bond acceptors (Lipinski definition) is 4. The number of amides is 1. The molecule has 0 aliphatic carbocycles. The number of hydrogen-bond donors (Lipinski definition) is 0. The molecule has 0 unspecified atom stereocenters. The molecule has 2 aromatic heterocycles. The fourth-order valence-electron chi connectivity index (χ4n) is 3.34. The van der Waals surface area contributed by atoms with E-state index in [2.05, 4.69) is 4.98 Å². The number of nitrogens with zero attached hydrogens (tertiary/aromatic N) is 2. The lowest BCUT2D eigenvalue weighted by Crippen LogP contribution is -2.41. The van der Waals surface area contributed by atoms with Gasteiger partial charge in [0.25, 0.3) is 5.91 Å². The summed E-state index contributed by atoms with van der Waals surface area (Å²) in [5.74, 6) is 2.60. The van der Waals surface area contributed by atoms with Crippen LogP contribution in [-0.4, -0.2) is 35.0 Å². The van der Waals surface area contributed by atoms with Gasteiger partial charge in [0, 0.05) is 49.5 Å². The normalized spacial score (nSPS) is 14.9. The number of rotatable bonds is 4. The van der Waals surface area contributed by atoms with Crippen LogP contribution in [0.4, 0.5) is 0 Å². The molecule has 5 heteroatoms. The maximum atomic E-state index is 12.8. The molecule has 1 aliphatic rings. The second-order valence-electron chi connectivity index (χ2n) is 6.78. The number of piperidine rings is 1. The van der Waals surface area contributed by atoms with Gasteiger partial charge in [-0.25, -0.2) is 0 Å². The summed E-state index contributed by atoms with van der Waals surface area (Å²) in [5.41, 5.74) is 1.68. The topological polar surface area (TPSA) is 55.6 Å². The van der Waals surface area contributed by atoms with Gasteiger partial charge in [-0.15, -0.1) is 0 Å². The molecule has 1 aliphatic heterocycles. The molecule has 0 atom stereocenters. The first kappa shape index (κ1) is 17.3. The van der Waals surface area contributed by atoms with E-state index in [4.69, 9.17) is 9.15 Å². The van der Waals surface area contributed by atoms with Gasteiger partial charge in [-0.3, -0.25) is 9.78 Å². The largest absolute Gasteiger partial charge is 0.490 e. The van der Waals surface area contributed by atoms with E-state index < -0.39 is 0 Å². The van der Waals surface area contributed by atoms with Gasteiger partial charge < -0.3 is 14.1 Å². The van der Waals surface area contributed by atoms with Crippen molar-refractivity contribution in [3.8, 4) is 17.1 Å². The quantitative estimate of drug-likeness (QED) is 0.693. The molecule has 1 amide bonds. The van der Waals surface area contributed by atoms with Crippen molar-refractivity contribution in [2.75, 3.05) is 13.1 Å². The third kappa shape index (κ3) is 4.03. The number of furan rings is 1. The molecular formula is C22H22N2O3. The summed E-state index contributed by atoms with van der Waals surface area (Å²) in [4.78, 5) is 18.7. The van der Waals surface area contributed by atoms with Crippen LogP contribution < -0.4 is 4.74 Å². The molecule has 4 rings (SSSR count). The highest BCUT2D eigenvalue weighted by atomic mass is 16.5. The first-order chi connectivity index (χ1) is 13.2. The van der Waals surface area contributed by atoms with Crippen molar-refractivity contribution in [2.45, 2.75) is 25.9 Å². The van der Waals surface area contributed by atoms with Gasteiger partial charge in [0.15, 0.2) is 0 Å². The van der Waals surface area contributed by atoms with Crippen LogP contribution in [0.2, 0.25) is 0 Å². The Bertz CT molecular complexity index is 895. The molecule has 3 heterocycles. The molecule has 0 spiro atoms. The Labute approximate surface area is 158 Å². The fraction of sp³-hybridized carbons (Fsp3) is 0.273. The standard InChI is InChI=1S/C22H22N2O3/c1-16-2-7-21(26-16)17-3-5-18(6-4-17)22(25)24-14-10-20(11-15-24)27-19-8-12-23-13-9-19/h2-9,12-13,20H,10-11,14-15H2,1H3. The zero-order valence-electron chi connectivity index (χ0n) is 15.3. The van der Waals surface area contributed by atoms with Crippen LogP contribution in [0.5, 0.6) is 5.75 Å². The number of benzene rings is 1. The smallest absolute Gasteiger partial charge is 0.253 e. The van der Waals surface area contributed by atoms with Gasteiger partial charge in [0.05, 0.1) is 0 Å². The van der Waals surface area contributed by atoms with Crippen molar-refractivity contribution in [1.82, 2.24) is 9.88 Å². The van der Waals surface area contributed by atoms with E-state index in [1.807, 2.05) is 60.4 Å². The monoisotopic (exact) mass is 362 g/mol. The van der Waals surface area contributed by atoms with E-state index in [1.54, 1.807) is 12.4 Å². The third-order valence-electron chi connectivity index (χ3n) is 4.84. The maximum absolute atomic E-state index is 12.8. The highest BCUT2D eigenvalue weighted by Crippen LogP contribution is 2.24. The van der Waals surface area contributed by atoms with E-state index >= 15 is 0 Å². The lowest BCUT2D eigenvalue weighted by atomic mass is 10.0. The number of likely N-dealkylation sites (tertiary alicyclic amines) is 1. The maximum Gasteiger partial charge on any atom is 0.253 e. The van der Waals surface area contributed by atoms with Crippen molar-refractivity contribution in [3.63, 3.8) is 0 Å². The van der Waals surface area contributed by atoms with E-state index in [9.17, 15) is 4.79 Å². The summed E-state index contributed by atoms with van der Waals surface area (Å²) in [7, 11) is 0.